The monoisotopic (exact) mass is 539 g/mol. The van der Waals surface area contributed by atoms with E-state index in [1.807, 2.05) is 12.1 Å². The highest BCUT2D eigenvalue weighted by Gasteiger charge is 2.46. The van der Waals surface area contributed by atoms with Gasteiger partial charge in [-0.3, -0.25) is 0 Å². The molecule has 37 heavy (non-hydrogen) atoms. The van der Waals surface area contributed by atoms with Crippen LogP contribution in [-0.4, -0.2) is 37.0 Å². The number of halogens is 2. The molecule has 2 aliphatic rings. The number of hydrogen-bond donors (Lipinski definition) is 0. The third-order valence-electron chi connectivity index (χ3n) is 7.72. The highest BCUT2D eigenvalue weighted by atomic mass is 35.5. The van der Waals surface area contributed by atoms with E-state index in [9.17, 15) is 0 Å². The average molecular weight is 541 g/mol. The van der Waals surface area contributed by atoms with E-state index in [1.165, 1.54) is 11.1 Å². The fraction of sp³-hybridized carbons (Fsp3) is 0.387. The Morgan fingerprint density at radius 3 is 2.14 bits per heavy atom. The van der Waals surface area contributed by atoms with Gasteiger partial charge in [-0.15, -0.1) is 0 Å². The maximum Gasteiger partial charge on any atom is 0.260 e. The molecule has 6 heteroatoms. The molecule has 2 aliphatic heterocycles. The number of methoxy groups -OCH3 is 2. The van der Waals surface area contributed by atoms with Crippen LogP contribution < -0.4 is 4.90 Å². The van der Waals surface area contributed by atoms with Crippen LogP contribution in [0.4, 0.5) is 11.4 Å². The number of fused-ring (bicyclic) bond motifs is 2. The summed E-state index contributed by atoms with van der Waals surface area (Å²) in [5.74, 6) is 0. The first-order chi connectivity index (χ1) is 17.4. The molecule has 0 saturated carbocycles. The van der Waals surface area contributed by atoms with Crippen molar-refractivity contribution in [3.05, 3.63) is 93.6 Å². The van der Waals surface area contributed by atoms with Crippen LogP contribution in [0, 0.1) is 0 Å². The van der Waals surface area contributed by atoms with E-state index in [4.69, 9.17) is 32.7 Å². The zero-order valence-electron chi connectivity index (χ0n) is 23.0. The molecule has 0 aliphatic carbocycles. The molecular formula is C31H37Cl2N2O2+. The molecule has 0 radical (unpaired) electrons. The molecule has 0 spiro atoms. The van der Waals surface area contributed by atoms with Crippen molar-refractivity contribution in [2.75, 3.05) is 19.1 Å². The van der Waals surface area contributed by atoms with E-state index in [-0.39, 0.29) is 23.3 Å². The number of ether oxygens (including phenoxy) is 2. The standard InChI is InChI=1S/C31H37Cl2N2O2/c1-20(36-7)34-26-16-14-22(32)18-24(26)30(3,4)28(34)12-10-9-11-13-29-31(5,6)25-19-23(33)15-17-27(25)35(29)21(2)37-8/h9-21H,1-8H3/q+1. The third kappa shape index (κ3) is 4.81. The Bertz CT molecular complexity index is 1320. The van der Waals surface area contributed by atoms with Gasteiger partial charge in [-0.2, -0.15) is 4.58 Å². The lowest BCUT2D eigenvalue weighted by Crippen LogP contribution is -2.34. The van der Waals surface area contributed by atoms with Crippen LogP contribution in [0.5, 0.6) is 0 Å². The average Bonchev–Trinajstić information content (AvgIpc) is 3.21. The molecule has 0 amide bonds. The van der Waals surface area contributed by atoms with Crippen molar-refractivity contribution in [1.29, 1.82) is 0 Å². The van der Waals surface area contributed by atoms with Gasteiger partial charge in [-0.1, -0.05) is 55.3 Å². The molecule has 4 rings (SSSR count). The Kier molecular flexibility index (Phi) is 7.79. The summed E-state index contributed by atoms with van der Waals surface area (Å²) in [4.78, 5) is 2.25. The Hall–Kier alpha value is -2.37. The summed E-state index contributed by atoms with van der Waals surface area (Å²) in [5, 5.41) is 1.48. The van der Waals surface area contributed by atoms with Crippen LogP contribution in [0.1, 0.15) is 52.7 Å². The first kappa shape index (κ1) is 27.7. The third-order valence-corrected chi connectivity index (χ3v) is 8.19. The highest BCUT2D eigenvalue weighted by molar-refractivity contribution is 6.31. The maximum atomic E-state index is 6.36. The fourth-order valence-corrected chi connectivity index (χ4v) is 5.85. The first-order valence-electron chi connectivity index (χ1n) is 12.6. The van der Waals surface area contributed by atoms with Crippen molar-refractivity contribution < 1.29 is 14.0 Å². The van der Waals surface area contributed by atoms with Crippen molar-refractivity contribution in [2.24, 2.45) is 0 Å². The second-order valence-electron chi connectivity index (χ2n) is 10.7. The lowest BCUT2D eigenvalue weighted by atomic mass is 9.81. The van der Waals surface area contributed by atoms with Gasteiger partial charge in [-0.25, -0.2) is 0 Å². The minimum atomic E-state index is -0.213. The Balaban J connectivity index is 1.69. The van der Waals surface area contributed by atoms with Crippen molar-refractivity contribution in [3.63, 3.8) is 0 Å². The summed E-state index contributed by atoms with van der Waals surface area (Å²) < 4.78 is 13.7. The topological polar surface area (TPSA) is 24.7 Å². The molecule has 2 unspecified atom stereocenters. The van der Waals surface area contributed by atoms with Crippen LogP contribution in [-0.2, 0) is 20.3 Å². The zero-order valence-corrected chi connectivity index (χ0v) is 24.5. The van der Waals surface area contributed by atoms with Gasteiger partial charge in [0, 0.05) is 65.7 Å². The summed E-state index contributed by atoms with van der Waals surface area (Å²) in [6.45, 7) is 13.0. The van der Waals surface area contributed by atoms with Gasteiger partial charge in [0.1, 0.15) is 6.23 Å². The molecule has 196 valence electrons. The molecule has 4 nitrogen and oxygen atoms in total. The lowest BCUT2D eigenvalue weighted by molar-refractivity contribution is -0.532. The van der Waals surface area contributed by atoms with Gasteiger partial charge in [-0.05, 0) is 62.7 Å². The van der Waals surface area contributed by atoms with Crippen molar-refractivity contribution in [3.8, 4) is 0 Å². The van der Waals surface area contributed by atoms with Crippen molar-refractivity contribution >= 4 is 40.3 Å². The van der Waals surface area contributed by atoms with Crippen molar-refractivity contribution in [1.82, 2.24) is 0 Å². The molecule has 0 aromatic heterocycles. The molecule has 0 fully saturated rings. The van der Waals surface area contributed by atoms with Gasteiger partial charge in [0.15, 0.2) is 5.71 Å². The zero-order chi connectivity index (χ0) is 27.1. The number of rotatable bonds is 7. The Morgan fingerprint density at radius 1 is 0.838 bits per heavy atom. The normalized spacial score (nSPS) is 20.8. The van der Waals surface area contributed by atoms with Crippen LogP contribution in [0.2, 0.25) is 10.0 Å². The molecule has 0 N–H and O–H groups in total. The molecule has 2 atom stereocenters. The number of benzene rings is 2. The van der Waals surface area contributed by atoms with Crippen molar-refractivity contribution in [2.45, 2.75) is 64.8 Å². The number of anilines is 1. The summed E-state index contributed by atoms with van der Waals surface area (Å²) in [7, 11) is 3.47. The van der Waals surface area contributed by atoms with Gasteiger partial charge < -0.3 is 14.4 Å². The van der Waals surface area contributed by atoms with Gasteiger partial charge in [0.25, 0.3) is 6.23 Å². The summed E-state index contributed by atoms with van der Waals surface area (Å²) in [6.07, 6.45) is 10.4. The number of allylic oxidation sites excluding steroid dienone is 6. The SMILES string of the molecule is COC(C)N1C(=CC=CC=CC2=[N+](C(C)OC)c3ccc(Cl)cc3C2(C)C)C(C)(C)c2cc(Cl)ccc21. The summed E-state index contributed by atoms with van der Waals surface area (Å²) >= 11 is 12.7. The molecule has 0 saturated heterocycles. The van der Waals surface area contributed by atoms with Crippen LogP contribution >= 0.6 is 23.2 Å². The molecule has 2 aromatic carbocycles. The minimum Gasteiger partial charge on any atom is -0.362 e. The maximum absolute atomic E-state index is 6.36. The minimum absolute atomic E-state index is 0.110. The van der Waals surface area contributed by atoms with Crippen LogP contribution in [0.15, 0.2) is 72.5 Å². The van der Waals surface area contributed by atoms with Crippen LogP contribution in [0.25, 0.3) is 0 Å². The Morgan fingerprint density at radius 2 is 1.49 bits per heavy atom. The van der Waals surface area contributed by atoms with E-state index < -0.39 is 0 Å². The second kappa shape index (κ2) is 10.4. The first-order valence-corrected chi connectivity index (χ1v) is 13.4. The smallest absolute Gasteiger partial charge is 0.260 e. The fourth-order valence-electron chi connectivity index (χ4n) is 5.50. The second-order valence-corrected chi connectivity index (χ2v) is 11.5. The van der Waals surface area contributed by atoms with E-state index >= 15 is 0 Å². The Labute approximate surface area is 231 Å². The van der Waals surface area contributed by atoms with Gasteiger partial charge in [0.2, 0.25) is 5.69 Å². The van der Waals surface area contributed by atoms with Gasteiger partial charge >= 0.3 is 0 Å². The predicted molar refractivity (Wildman–Crippen MR) is 156 cm³/mol. The van der Waals surface area contributed by atoms with Crippen LogP contribution in [0.3, 0.4) is 0 Å². The number of hydrogen-bond acceptors (Lipinski definition) is 3. The van der Waals surface area contributed by atoms with E-state index in [0.29, 0.717) is 0 Å². The van der Waals surface area contributed by atoms with E-state index in [0.717, 1.165) is 32.8 Å². The predicted octanol–water partition coefficient (Wildman–Crippen LogP) is 8.15. The number of nitrogens with zero attached hydrogens (tertiary/aromatic N) is 2. The summed E-state index contributed by atoms with van der Waals surface area (Å²) in [5.41, 5.74) is 6.55. The highest BCUT2D eigenvalue weighted by Crippen LogP contribution is 2.49. The molecule has 2 aromatic rings. The van der Waals surface area contributed by atoms with E-state index in [1.54, 1.807) is 14.2 Å². The largest absolute Gasteiger partial charge is 0.362 e. The molecular weight excluding hydrogens is 503 g/mol. The van der Waals surface area contributed by atoms with E-state index in [2.05, 4.69) is 106 Å². The lowest BCUT2D eigenvalue weighted by Gasteiger charge is -2.31. The molecule has 0 bridgehead atoms. The quantitative estimate of drug-likeness (QED) is 0.262. The van der Waals surface area contributed by atoms with Gasteiger partial charge in [0.05, 0.1) is 5.41 Å². The molecule has 2 heterocycles. The summed E-state index contributed by atoms with van der Waals surface area (Å²) in [6, 6.07) is 12.1.